The van der Waals surface area contributed by atoms with Crippen molar-refractivity contribution in [3.05, 3.63) is 35.9 Å². The lowest BCUT2D eigenvalue weighted by Crippen LogP contribution is -2.36. The second-order valence-corrected chi connectivity index (χ2v) is 4.84. The summed E-state index contributed by atoms with van der Waals surface area (Å²) in [4.78, 5) is 11.5. The first-order valence-corrected chi connectivity index (χ1v) is 6.44. The monoisotopic (exact) mass is 288 g/mol. The Morgan fingerprint density at radius 1 is 1.30 bits per heavy atom. The number of rotatable bonds is 6. The fraction of sp³-hybridized carbons (Fsp3) is 0.500. The second-order valence-electron chi connectivity index (χ2n) is 4.84. The third-order valence-corrected chi connectivity index (χ3v) is 2.86. The van der Waals surface area contributed by atoms with Crippen molar-refractivity contribution < 1.29 is 18.0 Å². The van der Waals surface area contributed by atoms with Crippen LogP contribution < -0.4 is 11.1 Å². The first kappa shape index (κ1) is 16.5. The molecule has 0 aliphatic carbocycles. The highest BCUT2D eigenvalue weighted by Crippen LogP contribution is 2.21. The molecule has 0 fully saturated rings. The molecule has 2 atom stereocenters. The minimum Gasteiger partial charge on any atom is -0.353 e. The normalized spacial score (nSPS) is 14.7. The van der Waals surface area contributed by atoms with E-state index in [1.54, 1.807) is 0 Å². The molecule has 0 radical (unpaired) electrons. The van der Waals surface area contributed by atoms with E-state index in [2.05, 4.69) is 5.32 Å². The van der Waals surface area contributed by atoms with Crippen LogP contribution in [0.15, 0.2) is 30.3 Å². The molecule has 2 unspecified atom stereocenters. The van der Waals surface area contributed by atoms with Gasteiger partial charge in [-0.15, -0.1) is 0 Å². The zero-order chi connectivity index (χ0) is 15.2. The van der Waals surface area contributed by atoms with Crippen molar-refractivity contribution in [2.75, 3.05) is 0 Å². The molecule has 6 heteroatoms. The minimum atomic E-state index is -4.27. The van der Waals surface area contributed by atoms with Crippen LogP contribution in [0, 0.1) is 0 Å². The van der Waals surface area contributed by atoms with Crippen LogP contribution in [0.25, 0.3) is 0 Å². The molecular weight excluding hydrogens is 269 g/mol. The molecule has 0 aromatic heterocycles. The molecule has 20 heavy (non-hydrogen) atoms. The molecule has 0 spiro atoms. The Morgan fingerprint density at radius 3 is 2.45 bits per heavy atom. The van der Waals surface area contributed by atoms with Crippen LogP contribution in [0.3, 0.4) is 0 Å². The highest BCUT2D eigenvalue weighted by atomic mass is 19.4. The zero-order valence-corrected chi connectivity index (χ0v) is 11.3. The van der Waals surface area contributed by atoms with Crippen LogP contribution in [0.2, 0.25) is 0 Å². The molecule has 1 amide bonds. The molecular formula is C14H19F3N2O. The molecule has 3 N–H and O–H groups in total. The van der Waals surface area contributed by atoms with E-state index in [4.69, 9.17) is 5.73 Å². The topological polar surface area (TPSA) is 55.1 Å². The summed E-state index contributed by atoms with van der Waals surface area (Å²) in [5.41, 5.74) is 6.82. The van der Waals surface area contributed by atoms with Crippen molar-refractivity contribution in [1.29, 1.82) is 0 Å². The van der Waals surface area contributed by atoms with Gasteiger partial charge in [0.1, 0.15) is 0 Å². The standard InChI is InChI=1S/C14H19F3N2O/c1-10(9-14(15,16)17)19-13(20)8-7-12(18)11-5-3-2-4-6-11/h2-6,10,12H,7-9,18H2,1H3,(H,19,20). The number of nitrogens with one attached hydrogen (secondary N) is 1. The van der Waals surface area contributed by atoms with Crippen molar-refractivity contribution >= 4 is 5.91 Å². The van der Waals surface area contributed by atoms with Gasteiger partial charge in [-0.05, 0) is 18.9 Å². The van der Waals surface area contributed by atoms with E-state index in [9.17, 15) is 18.0 Å². The SMILES string of the molecule is CC(CC(F)(F)F)NC(=O)CCC(N)c1ccccc1. The third kappa shape index (κ3) is 6.56. The molecule has 1 aromatic carbocycles. The van der Waals surface area contributed by atoms with Gasteiger partial charge in [0.05, 0.1) is 6.42 Å². The van der Waals surface area contributed by atoms with E-state index in [1.807, 2.05) is 30.3 Å². The summed E-state index contributed by atoms with van der Waals surface area (Å²) in [6, 6.07) is 8.06. The summed E-state index contributed by atoms with van der Waals surface area (Å²) in [5.74, 6) is -0.409. The summed E-state index contributed by atoms with van der Waals surface area (Å²) >= 11 is 0. The third-order valence-electron chi connectivity index (χ3n) is 2.86. The lowest BCUT2D eigenvalue weighted by molar-refractivity contribution is -0.141. The Labute approximate surface area is 116 Å². The van der Waals surface area contributed by atoms with Gasteiger partial charge < -0.3 is 11.1 Å². The van der Waals surface area contributed by atoms with Gasteiger partial charge in [-0.1, -0.05) is 30.3 Å². The highest BCUT2D eigenvalue weighted by Gasteiger charge is 2.30. The molecule has 0 bridgehead atoms. The first-order valence-electron chi connectivity index (χ1n) is 6.44. The smallest absolute Gasteiger partial charge is 0.353 e. The number of carbonyl (C=O) groups is 1. The first-order chi connectivity index (χ1) is 9.28. The minimum absolute atomic E-state index is 0.109. The Balaban J connectivity index is 2.33. The van der Waals surface area contributed by atoms with Gasteiger partial charge in [0.2, 0.25) is 5.91 Å². The van der Waals surface area contributed by atoms with Crippen LogP contribution in [-0.4, -0.2) is 18.1 Å². The number of benzene rings is 1. The van der Waals surface area contributed by atoms with Gasteiger partial charge in [-0.25, -0.2) is 0 Å². The maximum atomic E-state index is 12.1. The molecule has 1 aromatic rings. The maximum Gasteiger partial charge on any atom is 0.391 e. The van der Waals surface area contributed by atoms with Crippen LogP contribution in [0.1, 0.15) is 37.8 Å². The number of hydrogen-bond acceptors (Lipinski definition) is 2. The van der Waals surface area contributed by atoms with Gasteiger partial charge in [-0.3, -0.25) is 4.79 Å². The Bertz CT molecular complexity index is 420. The number of nitrogens with two attached hydrogens (primary N) is 1. The van der Waals surface area contributed by atoms with Gasteiger partial charge in [0.15, 0.2) is 0 Å². The Kier molecular flexibility index (Phi) is 6.01. The maximum absolute atomic E-state index is 12.1. The van der Waals surface area contributed by atoms with E-state index < -0.39 is 24.5 Å². The van der Waals surface area contributed by atoms with Crippen LogP contribution >= 0.6 is 0 Å². The largest absolute Gasteiger partial charge is 0.391 e. The number of alkyl halides is 3. The van der Waals surface area contributed by atoms with Crippen molar-refractivity contribution in [2.45, 2.75) is 44.4 Å². The summed E-state index contributed by atoms with van der Waals surface area (Å²) in [7, 11) is 0. The highest BCUT2D eigenvalue weighted by molar-refractivity contribution is 5.76. The van der Waals surface area contributed by atoms with E-state index >= 15 is 0 Å². The van der Waals surface area contributed by atoms with Crippen molar-refractivity contribution in [3.63, 3.8) is 0 Å². The molecule has 3 nitrogen and oxygen atoms in total. The van der Waals surface area contributed by atoms with Gasteiger partial charge in [0.25, 0.3) is 0 Å². The van der Waals surface area contributed by atoms with Crippen molar-refractivity contribution in [2.24, 2.45) is 5.73 Å². The molecule has 112 valence electrons. The van der Waals surface area contributed by atoms with E-state index in [-0.39, 0.29) is 12.5 Å². The predicted octanol–water partition coefficient (Wildman–Crippen LogP) is 2.92. The Morgan fingerprint density at radius 2 is 1.90 bits per heavy atom. The molecule has 0 aliphatic heterocycles. The number of carbonyl (C=O) groups excluding carboxylic acids is 1. The predicted molar refractivity (Wildman–Crippen MR) is 70.9 cm³/mol. The lowest BCUT2D eigenvalue weighted by Gasteiger charge is -2.17. The average molecular weight is 288 g/mol. The van der Waals surface area contributed by atoms with Crippen LogP contribution in [0.5, 0.6) is 0 Å². The molecule has 1 rings (SSSR count). The van der Waals surface area contributed by atoms with E-state index in [0.29, 0.717) is 6.42 Å². The van der Waals surface area contributed by atoms with E-state index in [0.717, 1.165) is 5.56 Å². The quantitative estimate of drug-likeness (QED) is 0.845. The average Bonchev–Trinajstić information content (AvgIpc) is 2.34. The number of hydrogen-bond donors (Lipinski definition) is 2. The fourth-order valence-electron chi connectivity index (χ4n) is 1.90. The molecule has 0 saturated carbocycles. The lowest BCUT2D eigenvalue weighted by atomic mass is 10.0. The molecule has 0 saturated heterocycles. The van der Waals surface area contributed by atoms with Crippen LogP contribution in [0.4, 0.5) is 13.2 Å². The van der Waals surface area contributed by atoms with E-state index in [1.165, 1.54) is 6.92 Å². The van der Waals surface area contributed by atoms with Crippen LogP contribution in [-0.2, 0) is 4.79 Å². The van der Waals surface area contributed by atoms with Gasteiger partial charge in [0, 0.05) is 18.5 Å². The second kappa shape index (κ2) is 7.28. The van der Waals surface area contributed by atoms with Gasteiger partial charge in [-0.2, -0.15) is 13.2 Å². The molecule has 0 aliphatic rings. The summed E-state index contributed by atoms with van der Waals surface area (Å²) in [5, 5.41) is 2.33. The van der Waals surface area contributed by atoms with Crippen molar-refractivity contribution in [3.8, 4) is 0 Å². The Hall–Kier alpha value is -1.56. The number of halogens is 3. The summed E-state index contributed by atoms with van der Waals surface area (Å²) in [6.07, 6.45) is -4.79. The van der Waals surface area contributed by atoms with Gasteiger partial charge >= 0.3 is 6.18 Å². The van der Waals surface area contributed by atoms with Crippen molar-refractivity contribution in [1.82, 2.24) is 5.32 Å². The summed E-state index contributed by atoms with van der Waals surface area (Å²) < 4.78 is 36.4. The zero-order valence-electron chi connectivity index (χ0n) is 11.3. The summed E-state index contributed by atoms with van der Waals surface area (Å²) in [6.45, 7) is 1.34. The molecule has 0 heterocycles. The fourth-order valence-corrected chi connectivity index (χ4v) is 1.90. The number of amides is 1.